The summed E-state index contributed by atoms with van der Waals surface area (Å²) in [5.41, 5.74) is 3.70. The van der Waals surface area contributed by atoms with Gasteiger partial charge in [0, 0.05) is 6.04 Å². The molecule has 2 N–H and O–H groups in total. The minimum atomic E-state index is -0.833. The number of ether oxygens (including phenoxy) is 2. The Morgan fingerprint density at radius 2 is 1.87 bits per heavy atom. The van der Waals surface area contributed by atoms with Gasteiger partial charge in [0.1, 0.15) is 6.61 Å². The average molecular weight is 452 g/mol. The first-order chi connectivity index (χ1) is 14.3. The lowest BCUT2D eigenvalue weighted by atomic mass is 10.2. The maximum absolute atomic E-state index is 11.7. The molecule has 0 saturated heterocycles. The van der Waals surface area contributed by atoms with Crippen LogP contribution in [0.4, 0.5) is 0 Å². The zero-order chi connectivity index (χ0) is 22.1. The molecule has 0 aliphatic rings. The smallest absolute Gasteiger partial charge is 0.329 e. The van der Waals surface area contributed by atoms with Gasteiger partial charge in [-0.3, -0.25) is 9.59 Å². The number of nitrogens with zero attached hydrogens (tertiary/aromatic N) is 1. The molecule has 0 unspecified atom stereocenters. The number of carbonyl (C=O) groups is 2. The van der Waals surface area contributed by atoms with E-state index in [0.717, 1.165) is 12.0 Å². The maximum atomic E-state index is 11.7. The molecule has 0 spiro atoms. The maximum Gasteiger partial charge on any atom is 0.329 e. The van der Waals surface area contributed by atoms with Gasteiger partial charge in [0.05, 0.1) is 23.4 Å². The van der Waals surface area contributed by atoms with Gasteiger partial charge < -0.3 is 14.8 Å². The Hall–Kier alpha value is -2.77. The molecule has 0 aliphatic carbocycles. The normalized spacial score (nSPS) is 11.8. The van der Waals surface area contributed by atoms with E-state index in [9.17, 15) is 9.59 Å². The molecule has 160 valence electrons. The third kappa shape index (κ3) is 6.93. The second kappa shape index (κ2) is 11.4. The van der Waals surface area contributed by atoms with Crippen LogP contribution in [0.15, 0.2) is 41.5 Å². The summed E-state index contributed by atoms with van der Waals surface area (Å²) in [4.78, 5) is 23.4. The van der Waals surface area contributed by atoms with Gasteiger partial charge >= 0.3 is 11.8 Å². The highest BCUT2D eigenvalue weighted by atomic mass is 35.5. The van der Waals surface area contributed by atoms with Crippen molar-refractivity contribution < 1.29 is 19.1 Å². The molecule has 1 atom stereocenters. The molecular weight excluding hydrogens is 429 g/mol. The molecule has 7 nitrogen and oxygen atoms in total. The molecule has 0 aromatic heterocycles. The van der Waals surface area contributed by atoms with E-state index in [1.54, 1.807) is 30.3 Å². The predicted octanol–water partition coefficient (Wildman–Crippen LogP) is 3.95. The number of hydrogen-bond donors (Lipinski definition) is 2. The van der Waals surface area contributed by atoms with Gasteiger partial charge in [0.2, 0.25) is 0 Å². The van der Waals surface area contributed by atoms with Crippen LogP contribution in [0, 0.1) is 0 Å². The number of methoxy groups -OCH3 is 1. The van der Waals surface area contributed by atoms with Crippen molar-refractivity contribution in [2.45, 2.75) is 32.9 Å². The fraction of sp³-hybridized carbons (Fsp3) is 0.286. The number of amides is 2. The van der Waals surface area contributed by atoms with Crippen LogP contribution in [0.25, 0.3) is 0 Å². The molecule has 0 bridgehead atoms. The summed E-state index contributed by atoms with van der Waals surface area (Å²) in [5, 5.41) is 7.30. The summed E-state index contributed by atoms with van der Waals surface area (Å²) in [6.45, 7) is 4.00. The van der Waals surface area contributed by atoms with Crippen molar-refractivity contribution in [3.63, 3.8) is 0 Å². The van der Waals surface area contributed by atoms with Gasteiger partial charge in [-0.25, -0.2) is 5.43 Å². The van der Waals surface area contributed by atoms with Gasteiger partial charge in [0.15, 0.2) is 11.5 Å². The number of hydrogen-bond acceptors (Lipinski definition) is 5. The Balaban J connectivity index is 1.97. The van der Waals surface area contributed by atoms with Gasteiger partial charge in [-0.15, -0.1) is 0 Å². The number of rotatable bonds is 8. The van der Waals surface area contributed by atoms with E-state index in [1.165, 1.54) is 13.3 Å². The summed E-state index contributed by atoms with van der Waals surface area (Å²) in [6.07, 6.45) is 2.13. The number of hydrazone groups is 1. The summed E-state index contributed by atoms with van der Waals surface area (Å²) < 4.78 is 11.1. The molecular formula is C21H23Cl2N3O4. The third-order valence-electron chi connectivity index (χ3n) is 4.14. The Morgan fingerprint density at radius 3 is 2.53 bits per heavy atom. The molecule has 0 heterocycles. The third-order valence-corrected chi connectivity index (χ3v) is 4.88. The molecule has 2 aromatic carbocycles. The Morgan fingerprint density at radius 1 is 1.10 bits per heavy atom. The molecule has 30 heavy (non-hydrogen) atoms. The predicted molar refractivity (Wildman–Crippen MR) is 117 cm³/mol. The van der Waals surface area contributed by atoms with Crippen LogP contribution in [-0.4, -0.2) is 31.2 Å². The van der Waals surface area contributed by atoms with Crippen LogP contribution in [0.3, 0.4) is 0 Å². The van der Waals surface area contributed by atoms with E-state index in [0.29, 0.717) is 27.1 Å². The SMILES string of the molecule is CC[C@@H](C)NC(=O)C(=O)N/N=C\c1ccc(OCc2ccc(Cl)c(Cl)c2)c(OC)c1. The number of nitrogens with one attached hydrogen (secondary N) is 2. The van der Waals surface area contributed by atoms with Crippen LogP contribution in [0.5, 0.6) is 11.5 Å². The molecule has 0 fully saturated rings. The van der Waals surface area contributed by atoms with Gasteiger partial charge in [0.25, 0.3) is 0 Å². The lowest BCUT2D eigenvalue weighted by Crippen LogP contribution is -2.41. The van der Waals surface area contributed by atoms with Crippen molar-refractivity contribution >= 4 is 41.2 Å². The van der Waals surface area contributed by atoms with E-state index in [1.807, 2.05) is 19.9 Å². The van der Waals surface area contributed by atoms with E-state index in [4.69, 9.17) is 32.7 Å². The minimum Gasteiger partial charge on any atom is -0.493 e. The first kappa shape index (κ1) is 23.5. The Labute approximate surface area is 185 Å². The monoisotopic (exact) mass is 451 g/mol. The summed E-state index contributed by atoms with van der Waals surface area (Å²) in [6, 6.07) is 10.3. The number of benzene rings is 2. The second-order valence-corrected chi connectivity index (χ2v) is 7.24. The van der Waals surface area contributed by atoms with Crippen LogP contribution < -0.4 is 20.2 Å². The van der Waals surface area contributed by atoms with Crippen LogP contribution in [0.1, 0.15) is 31.4 Å². The van der Waals surface area contributed by atoms with Crippen LogP contribution in [-0.2, 0) is 16.2 Å². The van der Waals surface area contributed by atoms with Crippen molar-refractivity contribution in [1.29, 1.82) is 0 Å². The number of halogens is 2. The quantitative estimate of drug-likeness (QED) is 0.361. The van der Waals surface area contributed by atoms with Crippen molar-refractivity contribution in [2.75, 3.05) is 7.11 Å². The van der Waals surface area contributed by atoms with Crippen molar-refractivity contribution in [1.82, 2.24) is 10.7 Å². The molecule has 2 aromatic rings. The lowest BCUT2D eigenvalue weighted by molar-refractivity contribution is -0.139. The zero-order valence-electron chi connectivity index (χ0n) is 16.9. The second-order valence-electron chi connectivity index (χ2n) is 6.43. The van der Waals surface area contributed by atoms with E-state index in [-0.39, 0.29) is 12.6 Å². The average Bonchev–Trinajstić information content (AvgIpc) is 2.74. The Kier molecular flexibility index (Phi) is 8.95. The molecule has 2 rings (SSSR count). The fourth-order valence-corrected chi connectivity index (χ4v) is 2.60. The molecule has 0 radical (unpaired) electrons. The van der Waals surface area contributed by atoms with E-state index >= 15 is 0 Å². The molecule has 2 amide bonds. The van der Waals surface area contributed by atoms with Crippen LogP contribution >= 0.6 is 23.2 Å². The van der Waals surface area contributed by atoms with E-state index in [2.05, 4.69) is 15.8 Å². The van der Waals surface area contributed by atoms with Crippen molar-refractivity contribution in [3.8, 4) is 11.5 Å². The lowest BCUT2D eigenvalue weighted by Gasteiger charge is -2.12. The highest BCUT2D eigenvalue weighted by Crippen LogP contribution is 2.29. The highest BCUT2D eigenvalue weighted by molar-refractivity contribution is 6.42. The summed E-state index contributed by atoms with van der Waals surface area (Å²) in [7, 11) is 1.52. The molecule has 0 aliphatic heterocycles. The van der Waals surface area contributed by atoms with Gasteiger partial charge in [-0.1, -0.05) is 36.2 Å². The van der Waals surface area contributed by atoms with Crippen LogP contribution in [0.2, 0.25) is 10.0 Å². The minimum absolute atomic E-state index is 0.0899. The fourth-order valence-electron chi connectivity index (χ4n) is 2.28. The van der Waals surface area contributed by atoms with Crippen molar-refractivity contribution in [2.24, 2.45) is 5.10 Å². The summed E-state index contributed by atoms with van der Waals surface area (Å²) in [5.74, 6) is -0.553. The largest absolute Gasteiger partial charge is 0.493 e. The summed E-state index contributed by atoms with van der Waals surface area (Å²) >= 11 is 11.9. The first-order valence-corrected chi connectivity index (χ1v) is 9.98. The zero-order valence-corrected chi connectivity index (χ0v) is 18.4. The van der Waals surface area contributed by atoms with Gasteiger partial charge in [-0.05, 0) is 54.8 Å². The van der Waals surface area contributed by atoms with Gasteiger partial charge in [-0.2, -0.15) is 5.10 Å². The topological polar surface area (TPSA) is 89.0 Å². The standard InChI is InChI=1S/C21H23Cl2N3O4/c1-4-13(2)25-20(27)21(28)26-24-11-14-6-8-18(19(10-14)29-3)30-12-15-5-7-16(22)17(23)9-15/h5-11,13H,4,12H2,1-3H3,(H,25,27)(H,26,28)/b24-11-/t13-/m1/s1. The first-order valence-electron chi connectivity index (χ1n) is 9.22. The van der Waals surface area contributed by atoms with Crippen molar-refractivity contribution in [3.05, 3.63) is 57.6 Å². The number of carbonyl (C=O) groups excluding carboxylic acids is 2. The molecule has 9 heteroatoms. The Bertz CT molecular complexity index is 934. The molecule has 0 saturated carbocycles. The highest BCUT2D eigenvalue weighted by Gasteiger charge is 2.14. The van der Waals surface area contributed by atoms with E-state index < -0.39 is 11.8 Å².